The molecule has 162 valence electrons. The van der Waals surface area contributed by atoms with Gasteiger partial charge in [0.1, 0.15) is 0 Å². The van der Waals surface area contributed by atoms with E-state index in [0.29, 0.717) is 23.4 Å². The number of rotatable bonds is 8. The van der Waals surface area contributed by atoms with Gasteiger partial charge < -0.3 is 10.0 Å². The molecule has 0 saturated carbocycles. The molecule has 1 N–H and O–H groups in total. The van der Waals surface area contributed by atoms with Gasteiger partial charge in [-0.15, -0.1) is 0 Å². The Balaban J connectivity index is 1.56. The van der Waals surface area contributed by atoms with Crippen molar-refractivity contribution in [2.24, 2.45) is 0 Å². The van der Waals surface area contributed by atoms with Crippen LogP contribution in [0.3, 0.4) is 0 Å². The fourth-order valence-corrected chi connectivity index (χ4v) is 4.20. The zero-order valence-corrected chi connectivity index (χ0v) is 18.2. The summed E-state index contributed by atoms with van der Waals surface area (Å²) in [5.74, 6) is -0.715. The molecule has 1 amide bonds. The molecule has 1 atom stereocenters. The number of carbonyl (C=O) groups is 2. The molecule has 4 rings (SSSR count). The van der Waals surface area contributed by atoms with E-state index >= 15 is 0 Å². The SMILES string of the molecule is CCCc1ccc(C(=O)CC2(O)C(=O)N(C/C=C/c3ccccc3)c3ccccc32)cc1. The number of amides is 1. The van der Waals surface area contributed by atoms with Gasteiger partial charge in [-0.2, -0.15) is 0 Å². The van der Waals surface area contributed by atoms with E-state index in [4.69, 9.17) is 0 Å². The maximum Gasteiger partial charge on any atom is 0.264 e. The van der Waals surface area contributed by atoms with Gasteiger partial charge in [-0.3, -0.25) is 9.59 Å². The number of ketones is 1. The Morgan fingerprint density at radius 2 is 1.66 bits per heavy atom. The second-order valence-electron chi connectivity index (χ2n) is 8.15. The van der Waals surface area contributed by atoms with Crippen LogP contribution in [-0.4, -0.2) is 23.3 Å². The number of para-hydroxylation sites is 1. The molecule has 4 nitrogen and oxygen atoms in total. The van der Waals surface area contributed by atoms with Gasteiger partial charge in [0.25, 0.3) is 5.91 Å². The number of benzene rings is 3. The molecular weight excluding hydrogens is 398 g/mol. The van der Waals surface area contributed by atoms with Crippen LogP contribution in [0, 0.1) is 0 Å². The molecule has 0 aromatic heterocycles. The Labute approximate surface area is 188 Å². The molecule has 0 saturated heterocycles. The Morgan fingerprint density at radius 3 is 2.38 bits per heavy atom. The highest BCUT2D eigenvalue weighted by molar-refractivity contribution is 6.11. The van der Waals surface area contributed by atoms with Crippen molar-refractivity contribution < 1.29 is 14.7 Å². The maximum atomic E-state index is 13.3. The Bertz CT molecular complexity index is 1130. The average Bonchev–Trinajstić information content (AvgIpc) is 3.02. The zero-order chi connectivity index (χ0) is 22.6. The van der Waals surface area contributed by atoms with Crippen LogP contribution in [0.1, 0.15) is 46.8 Å². The summed E-state index contributed by atoms with van der Waals surface area (Å²) >= 11 is 0. The molecule has 32 heavy (non-hydrogen) atoms. The van der Waals surface area contributed by atoms with Crippen molar-refractivity contribution >= 4 is 23.5 Å². The molecule has 3 aromatic carbocycles. The molecule has 0 aliphatic carbocycles. The van der Waals surface area contributed by atoms with Crippen molar-refractivity contribution in [2.75, 3.05) is 11.4 Å². The van der Waals surface area contributed by atoms with Crippen molar-refractivity contribution in [3.05, 3.63) is 107 Å². The minimum Gasteiger partial charge on any atom is -0.375 e. The van der Waals surface area contributed by atoms with Crippen molar-refractivity contribution in [3.8, 4) is 0 Å². The quantitative estimate of drug-likeness (QED) is 0.507. The predicted octanol–water partition coefficient (Wildman–Crippen LogP) is 5.16. The Morgan fingerprint density at radius 1 is 0.969 bits per heavy atom. The molecule has 0 bridgehead atoms. The number of Topliss-reactive ketones (excluding diaryl/α,β-unsaturated/α-hetero) is 1. The summed E-state index contributed by atoms with van der Waals surface area (Å²) in [6, 6.07) is 24.4. The summed E-state index contributed by atoms with van der Waals surface area (Å²) in [5.41, 5.74) is 1.96. The Hall–Kier alpha value is -3.50. The lowest BCUT2D eigenvalue weighted by atomic mass is 9.88. The van der Waals surface area contributed by atoms with Crippen molar-refractivity contribution in [1.82, 2.24) is 0 Å². The molecule has 1 unspecified atom stereocenters. The van der Waals surface area contributed by atoms with Gasteiger partial charge in [0.2, 0.25) is 0 Å². The lowest BCUT2D eigenvalue weighted by Crippen LogP contribution is -2.42. The van der Waals surface area contributed by atoms with Gasteiger partial charge in [0.05, 0.1) is 12.1 Å². The molecule has 3 aromatic rings. The number of nitrogens with zero attached hydrogens (tertiary/aromatic N) is 1. The van der Waals surface area contributed by atoms with E-state index in [0.717, 1.165) is 18.4 Å². The summed E-state index contributed by atoms with van der Waals surface area (Å²) < 4.78 is 0. The fraction of sp³-hybridized carbons (Fsp3) is 0.214. The molecule has 0 fully saturated rings. The van der Waals surface area contributed by atoms with Crippen LogP contribution in [0.2, 0.25) is 0 Å². The topological polar surface area (TPSA) is 57.6 Å². The molecule has 1 aliphatic heterocycles. The standard InChI is InChI=1S/C28H27NO3/c1-2-9-21-15-17-23(18-16-21)26(30)20-28(32)24-13-6-7-14-25(24)29(27(28)31)19-8-12-22-10-4-3-5-11-22/h3-8,10-18,32H,2,9,19-20H2,1H3/b12-8+. The lowest BCUT2D eigenvalue weighted by molar-refractivity contribution is -0.135. The van der Waals surface area contributed by atoms with Crippen molar-refractivity contribution in [1.29, 1.82) is 0 Å². The highest BCUT2D eigenvalue weighted by Crippen LogP contribution is 2.42. The van der Waals surface area contributed by atoms with E-state index in [1.54, 1.807) is 29.2 Å². The predicted molar refractivity (Wildman–Crippen MR) is 128 cm³/mol. The number of carbonyl (C=O) groups excluding carboxylic acids is 2. The zero-order valence-electron chi connectivity index (χ0n) is 18.2. The minimum absolute atomic E-state index is 0.250. The summed E-state index contributed by atoms with van der Waals surface area (Å²) in [7, 11) is 0. The molecule has 4 heteroatoms. The number of anilines is 1. The number of aryl methyl sites for hydroxylation is 1. The molecule has 0 radical (unpaired) electrons. The van der Waals surface area contributed by atoms with Gasteiger partial charge in [0, 0.05) is 17.7 Å². The first-order valence-corrected chi connectivity index (χ1v) is 11.0. The first-order valence-electron chi connectivity index (χ1n) is 11.0. The van der Waals surface area contributed by atoms with Gasteiger partial charge in [-0.05, 0) is 23.6 Å². The van der Waals surface area contributed by atoms with Crippen LogP contribution >= 0.6 is 0 Å². The van der Waals surface area contributed by atoms with E-state index in [-0.39, 0.29) is 12.2 Å². The highest BCUT2D eigenvalue weighted by atomic mass is 16.3. The van der Waals surface area contributed by atoms with Crippen molar-refractivity contribution in [3.63, 3.8) is 0 Å². The number of fused-ring (bicyclic) bond motifs is 1. The summed E-state index contributed by atoms with van der Waals surface area (Å²) in [4.78, 5) is 27.9. The number of aliphatic hydroxyl groups is 1. The van der Waals surface area contributed by atoms with Gasteiger partial charge in [-0.1, -0.05) is 98.3 Å². The largest absolute Gasteiger partial charge is 0.375 e. The summed E-state index contributed by atoms with van der Waals surface area (Å²) in [6.45, 7) is 2.42. The van der Waals surface area contributed by atoms with Crippen LogP contribution < -0.4 is 4.90 Å². The van der Waals surface area contributed by atoms with E-state index in [2.05, 4.69) is 6.92 Å². The molecule has 1 heterocycles. The van der Waals surface area contributed by atoms with Gasteiger partial charge >= 0.3 is 0 Å². The van der Waals surface area contributed by atoms with Crippen LogP contribution in [0.15, 0.2) is 84.9 Å². The van der Waals surface area contributed by atoms with Crippen LogP contribution in [0.25, 0.3) is 6.08 Å². The normalized spacial score (nSPS) is 17.7. The smallest absolute Gasteiger partial charge is 0.264 e. The van der Waals surface area contributed by atoms with E-state index in [1.807, 2.05) is 66.7 Å². The van der Waals surface area contributed by atoms with Crippen molar-refractivity contribution in [2.45, 2.75) is 31.8 Å². The Kier molecular flexibility index (Phi) is 6.33. The maximum absolute atomic E-state index is 13.3. The van der Waals surface area contributed by atoms with Gasteiger partial charge in [0.15, 0.2) is 11.4 Å². The second-order valence-corrected chi connectivity index (χ2v) is 8.15. The van der Waals surface area contributed by atoms with Gasteiger partial charge in [-0.25, -0.2) is 0 Å². The molecule has 1 aliphatic rings. The minimum atomic E-state index is -1.86. The van der Waals surface area contributed by atoms with Crippen LogP contribution in [0.5, 0.6) is 0 Å². The highest BCUT2D eigenvalue weighted by Gasteiger charge is 2.50. The lowest BCUT2D eigenvalue weighted by Gasteiger charge is -2.22. The summed E-state index contributed by atoms with van der Waals surface area (Å²) in [6.07, 6.45) is 5.54. The average molecular weight is 426 g/mol. The molecular formula is C28H27NO3. The third kappa shape index (κ3) is 4.27. The first kappa shape index (κ1) is 21.7. The second kappa shape index (κ2) is 9.33. The number of hydrogen-bond acceptors (Lipinski definition) is 3. The summed E-state index contributed by atoms with van der Waals surface area (Å²) in [5, 5.41) is 11.4. The monoisotopic (exact) mass is 425 g/mol. The fourth-order valence-electron chi connectivity index (χ4n) is 4.20. The van der Waals surface area contributed by atoms with E-state index in [9.17, 15) is 14.7 Å². The molecule has 0 spiro atoms. The van der Waals surface area contributed by atoms with E-state index < -0.39 is 11.5 Å². The number of hydrogen-bond donors (Lipinski definition) is 1. The first-order chi connectivity index (χ1) is 15.5. The van der Waals surface area contributed by atoms with E-state index in [1.165, 1.54) is 5.56 Å². The van der Waals surface area contributed by atoms with Crippen LogP contribution in [-0.2, 0) is 16.8 Å². The third-order valence-corrected chi connectivity index (χ3v) is 5.87. The van der Waals surface area contributed by atoms with Crippen LogP contribution in [0.4, 0.5) is 5.69 Å². The third-order valence-electron chi connectivity index (χ3n) is 5.87.